The lowest BCUT2D eigenvalue weighted by Gasteiger charge is -2.17. The molecule has 2 aromatic carbocycles. The largest absolute Gasteiger partial charge is 0.0807 e. The highest BCUT2D eigenvalue weighted by Crippen LogP contribution is 2.32. The van der Waals surface area contributed by atoms with Crippen LogP contribution >= 0.6 is 0 Å². The van der Waals surface area contributed by atoms with E-state index in [2.05, 4.69) is 72.8 Å². The summed E-state index contributed by atoms with van der Waals surface area (Å²) in [6, 6.07) is 21.4. The smallest absolute Gasteiger partial charge is 0.0149 e. The molecule has 2 aromatic rings. The Bertz CT molecular complexity index is 603. The highest BCUT2D eigenvalue weighted by atomic mass is 14.2. The predicted molar refractivity (Wildman–Crippen MR) is 87.3 cm³/mol. The second-order valence-corrected chi connectivity index (χ2v) is 5.31. The maximum Gasteiger partial charge on any atom is -0.0149 e. The molecule has 100 valence electrons. The van der Waals surface area contributed by atoms with Crippen LogP contribution < -0.4 is 0 Å². The number of hydrogen-bond donors (Lipinski definition) is 0. The van der Waals surface area contributed by atoms with Gasteiger partial charge in [-0.1, -0.05) is 66.7 Å². The van der Waals surface area contributed by atoms with Gasteiger partial charge in [-0.05, 0) is 54.0 Å². The summed E-state index contributed by atoms with van der Waals surface area (Å²) < 4.78 is 0. The van der Waals surface area contributed by atoms with E-state index in [9.17, 15) is 0 Å². The molecule has 0 atom stereocenters. The van der Waals surface area contributed by atoms with E-state index in [-0.39, 0.29) is 0 Å². The molecule has 0 bridgehead atoms. The molecule has 1 aliphatic rings. The number of benzene rings is 2. The van der Waals surface area contributed by atoms with Crippen molar-refractivity contribution in [3.63, 3.8) is 0 Å². The minimum Gasteiger partial charge on any atom is -0.0807 e. The predicted octanol–water partition coefficient (Wildman–Crippen LogP) is 5.73. The first-order valence-electron chi connectivity index (χ1n) is 7.45. The average molecular weight is 260 g/mol. The summed E-state index contributed by atoms with van der Waals surface area (Å²) in [5.41, 5.74) is 5.49. The molecular weight excluding hydrogens is 240 g/mol. The van der Waals surface area contributed by atoms with Gasteiger partial charge in [-0.25, -0.2) is 0 Å². The molecule has 1 aliphatic carbocycles. The molecule has 0 saturated carbocycles. The average Bonchev–Trinajstić information content (AvgIpc) is 2.55. The van der Waals surface area contributed by atoms with Gasteiger partial charge in [0, 0.05) is 0 Å². The molecule has 0 fully saturated rings. The fourth-order valence-corrected chi connectivity index (χ4v) is 2.78. The highest BCUT2D eigenvalue weighted by Gasteiger charge is 2.10. The molecule has 0 aromatic heterocycles. The summed E-state index contributed by atoms with van der Waals surface area (Å²) in [7, 11) is 0. The molecule has 20 heavy (non-hydrogen) atoms. The molecule has 0 nitrogen and oxygen atoms in total. The molecule has 0 saturated heterocycles. The molecule has 0 radical (unpaired) electrons. The Kier molecular flexibility index (Phi) is 4.13. The first-order valence-corrected chi connectivity index (χ1v) is 7.45. The molecule has 0 N–H and O–H groups in total. The summed E-state index contributed by atoms with van der Waals surface area (Å²) >= 11 is 0. The zero-order valence-electron chi connectivity index (χ0n) is 11.8. The third kappa shape index (κ3) is 3.08. The van der Waals surface area contributed by atoms with Crippen molar-refractivity contribution < 1.29 is 0 Å². The van der Waals surface area contributed by atoms with Crippen LogP contribution in [0.1, 0.15) is 36.8 Å². The molecule has 0 aliphatic heterocycles. The number of allylic oxidation sites excluding steroid dienone is 3. The van der Waals surface area contributed by atoms with Crippen LogP contribution in [0.25, 0.3) is 11.6 Å². The quantitative estimate of drug-likeness (QED) is 0.618. The zero-order valence-corrected chi connectivity index (χ0v) is 11.8. The van der Waals surface area contributed by atoms with Gasteiger partial charge < -0.3 is 0 Å². The lowest BCUT2D eigenvalue weighted by molar-refractivity contribution is 0.715. The van der Waals surface area contributed by atoms with Crippen molar-refractivity contribution in [1.29, 1.82) is 0 Å². The fourth-order valence-electron chi connectivity index (χ4n) is 2.78. The molecular formula is C20H20. The summed E-state index contributed by atoms with van der Waals surface area (Å²) in [5, 5.41) is 0. The second-order valence-electron chi connectivity index (χ2n) is 5.31. The fraction of sp³-hybridized carbons (Fsp3) is 0.200. The first kappa shape index (κ1) is 12.9. The normalized spacial score (nSPS) is 15.8. The molecule has 0 unspecified atom stereocenters. The lowest BCUT2D eigenvalue weighted by Crippen LogP contribution is -1.96. The Morgan fingerprint density at radius 2 is 1.50 bits per heavy atom. The summed E-state index contributed by atoms with van der Waals surface area (Å²) in [6.45, 7) is 0. The Labute approximate surface area is 121 Å². The molecule has 0 heteroatoms. The van der Waals surface area contributed by atoms with Gasteiger partial charge in [0.25, 0.3) is 0 Å². The van der Waals surface area contributed by atoms with Crippen molar-refractivity contribution in [2.24, 2.45) is 0 Å². The van der Waals surface area contributed by atoms with Crippen molar-refractivity contribution in [3.05, 3.63) is 83.4 Å². The van der Waals surface area contributed by atoms with Gasteiger partial charge in [0.15, 0.2) is 0 Å². The SMILES string of the molecule is C1=C(/C(=C/c2ccccc2)c2ccccc2)CCCC1. The third-order valence-electron chi connectivity index (χ3n) is 3.83. The van der Waals surface area contributed by atoms with E-state index >= 15 is 0 Å². The van der Waals surface area contributed by atoms with Crippen LogP contribution in [0, 0.1) is 0 Å². The van der Waals surface area contributed by atoms with Crippen LogP contribution in [0.5, 0.6) is 0 Å². The monoisotopic (exact) mass is 260 g/mol. The van der Waals surface area contributed by atoms with E-state index in [1.807, 2.05) is 0 Å². The van der Waals surface area contributed by atoms with E-state index in [1.54, 1.807) is 0 Å². The van der Waals surface area contributed by atoms with Gasteiger partial charge >= 0.3 is 0 Å². The first-order chi connectivity index (χ1) is 9.93. The van der Waals surface area contributed by atoms with Crippen molar-refractivity contribution in [1.82, 2.24) is 0 Å². The third-order valence-corrected chi connectivity index (χ3v) is 3.83. The van der Waals surface area contributed by atoms with Crippen molar-refractivity contribution in [2.45, 2.75) is 25.7 Å². The molecule has 0 heterocycles. The van der Waals surface area contributed by atoms with Gasteiger partial charge in [0.1, 0.15) is 0 Å². The Hall–Kier alpha value is -2.08. The Morgan fingerprint density at radius 3 is 2.15 bits per heavy atom. The van der Waals surface area contributed by atoms with E-state index in [0.717, 1.165) is 0 Å². The summed E-state index contributed by atoms with van der Waals surface area (Å²) in [4.78, 5) is 0. The maximum absolute atomic E-state index is 2.42. The van der Waals surface area contributed by atoms with Gasteiger partial charge in [0.05, 0.1) is 0 Å². The summed E-state index contributed by atoms with van der Waals surface area (Å²) in [5.74, 6) is 0. The molecule has 0 spiro atoms. The summed E-state index contributed by atoms with van der Waals surface area (Å²) in [6.07, 6.45) is 9.81. The highest BCUT2D eigenvalue weighted by molar-refractivity contribution is 5.91. The van der Waals surface area contributed by atoms with Crippen LogP contribution in [-0.4, -0.2) is 0 Å². The van der Waals surface area contributed by atoms with E-state index in [4.69, 9.17) is 0 Å². The van der Waals surface area contributed by atoms with E-state index in [0.29, 0.717) is 0 Å². The van der Waals surface area contributed by atoms with Crippen LogP contribution in [0.15, 0.2) is 72.3 Å². The topological polar surface area (TPSA) is 0 Å². The molecule has 3 rings (SSSR count). The van der Waals surface area contributed by atoms with E-state index in [1.165, 1.54) is 48.0 Å². The minimum atomic E-state index is 1.20. The Morgan fingerprint density at radius 1 is 0.800 bits per heavy atom. The van der Waals surface area contributed by atoms with Gasteiger partial charge in [-0.15, -0.1) is 0 Å². The minimum absolute atomic E-state index is 1.20. The van der Waals surface area contributed by atoms with Crippen LogP contribution in [0.2, 0.25) is 0 Å². The van der Waals surface area contributed by atoms with Crippen LogP contribution in [-0.2, 0) is 0 Å². The standard InChI is InChI=1S/C20H20/c1-4-10-17(11-5-1)16-20(18-12-6-2-7-13-18)19-14-8-3-9-15-19/h1-2,4-7,10-14,16H,3,8-9,15H2/b20-16+. The zero-order chi connectivity index (χ0) is 13.6. The lowest BCUT2D eigenvalue weighted by atomic mass is 9.88. The van der Waals surface area contributed by atoms with Gasteiger partial charge in [0.2, 0.25) is 0 Å². The van der Waals surface area contributed by atoms with Crippen LogP contribution in [0.4, 0.5) is 0 Å². The van der Waals surface area contributed by atoms with Gasteiger partial charge in [-0.2, -0.15) is 0 Å². The van der Waals surface area contributed by atoms with E-state index < -0.39 is 0 Å². The maximum atomic E-state index is 2.42. The molecule has 0 amide bonds. The Balaban J connectivity index is 2.04. The van der Waals surface area contributed by atoms with Crippen molar-refractivity contribution >= 4 is 11.6 Å². The van der Waals surface area contributed by atoms with Crippen molar-refractivity contribution in [3.8, 4) is 0 Å². The second kappa shape index (κ2) is 6.38. The van der Waals surface area contributed by atoms with Crippen LogP contribution in [0.3, 0.4) is 0 Å². The number of hydrogen-bond acceptors (Lipinski definition) is 0. The van der Waals surface area contributed by atoms with Crippen molar-refractivity contribution in [2.75, 3.05) is 0 Å². The van der Waals surface area contributed by atoms with Gasteiger partial charge in [-0.3, -0.25) is 0 Å². The number of rotatable bonds is 3.